The van der Waals surface area contributed by atoms with Crippen LogP contribution in [0.4, 0.5) is 0 Å². The predicted molar refractivity (Wildman–Crippen MR) is 137 cm³/mol. The molecule has 0 unspecified atom stereocenters. The number of hydrogen-bond acceptors (Lipinski definition) is 0. The van der Waals surface area contributed by atoms with E-state index in [-0.39, 0.29) is 0 Å². The van der Waals surface area contributed by atoms with Gasteiger partial charge in [0.15, 0.2) is 0 Å². The van der Waals surface area contributed by atoms with Crippen molar-refractivity contribution in [1.82, 2.24) is 0 Å². The Labute approximate surface area is 197 Å². The van der Waals surface area contributed by atoms with E-state index in [1.165, 1.54) is 22.3 Å². The molecular formula is C32H31O+. The maximum atomic E-state index is 7.04. The van der Waals surface area contributed by atoms with Crippen LogP contribution >= 0.6 is 0 Å². The molecule has 2 atom stereocenters. The zero-order valence-corrected chi connectivity index (χ0v) is 19.4. The van der Waals surface area contributed by atoms with E-state index in [1.54, 1.807) is 0 Å². The van der Waals surface area contributed by atoms with Gasteiger partial charge in [-0.05, 0) is 72.2 Å². The van der Waals surface area contributed by atoms with Crippen LogP contribution in [0.1, 0.15) is 76.3 Å². The van der Waals surface area contributed by atoms with Gasteiger partial charge < -0.3 is 0 Å². The number of benzene rings is 4. The van der Waals surface area contributed by atoms with Crippen LogP contribution in [-0.4, -0.2) is 6.29 Å². The van der Waals surface area contributed by atoms with Gasteiger partial charge in [0.1, 0.15) is 0 Å². The number of hydrogen-bond donors (Lipinski definition) is 0. The van der Waals surface area contributed by atoms with Crippen molar-refractivity contribution in [2.24, 2.45) is 0 Å². The summed E-state index contributed by atoms with van der Waals surface area (Å²) in [5, 5.41) is 0. The molecule has 164 valence electrons. The molecule has 4 aromatic carbocycles. The van der Waals surface area contributed by atoms with E-state index >= 15 is 0 Å². The molecule has 33 heavy (non-hydrogen) atoms. The summed E-state index contributed by atoms with van der Waals surface area (Å²) in [4.78, 5) is 0. The second-order valence-electron chi connectivity index (χ2n) is 8.90. The Balaban J connectivity index is 1.91. The van der Waals surface area contributed by atoms with Gasteiger partial charge in [-0.3, -0.25) is 0 Å². The first-order chi connectivity index (χ1) is 16.3. The van der Waals surface area contributed by atoms with Crippen molar-refractivity contribution >= 4 is 6.29 Å². The summed E-state index contributed by atoms with van der Waals surface area (Å²) in [6.07, 6.45) is 4.13. The van der Waals surface area contributed by atoms with Crippen LogP contribution in [0.2, 0.25) is 0 Å². The fraction of sp³-hybridized carbons (Fsp3) is 0.219. The maximum Gasteiger partial charge on any atom is 0.357 e. The molecule has 0 heterocycles. The van der Waals surface area contributed by atoms with Gasteiger partial charge in [-0.25, -0.2) is 4.42 Å². The Morgan fingerprint density at radius 3 is 1.58 bits per heavy atom. The lowest BCUT2D eigenvalue weighted by molar-refractivity contribution is -0.358. The molecule has 1 nitrogen and oxygen atoms in total. The average molecular weight is 432 g/mol. The van der Waals surface area contributed by atoms with E-state index in [1.807, 2.05) is 12.4 Å². The number of rotatable bonds is 5. The standard InChI is InChI=1S/C32H31O/c1-3-26-27(4-2)29-20-12-14-22-31(29)32(25-17-9-6-10-18-25,30-21-13-11-19-28(26)30)33-23-24-15-7-5-8-16-24/h5-23,26-27H,3-4H2,1-2H3/q+1/t26-,27-/m1/s1. The lowest BCUT2D eigenvalue weighted by Gasteiger charge is -2.25. The first kappa shape index (κ1) is 21.4. The molecule has 1 heteroatoms. The van der Waals surface area contributed by atoms with Gasteiger partial charge in [0.2, 0.25) is 0 Å². The van der Waals surface area contributed by atoms with Gasteiger partial charge in [0, 0.05) is 0 Å². The fourth-order valence-electron chi connectivity index (χ4n) is 5.74. The molecule has 1 aliphatic rings. The third kappa shape index (κ3) is 3.62. The van der Waals surface area contributed by atoms with E-state index in [0.717, 1.165) is 24.0 Å². The largest absolute Gasteiger partial charge is 0.357 e. The minimum Gasteiger partial charge on any atom is -0.242 e. The minimum atomic E-state index is -0.721. The topological polar surface area (TPSA) is 11.3 Å². The predicted octanol–water partition coefficient (Wildman–Crippen LogP) is 8.03. The summed E-state index contributed by atoms with van der Waals surface area (Å²) in [6, 6.07) is 38.9. The quantitative estimate of drug-likeness (QED) is 0.224. The van der Waals surface area contributed by atoms with Crippen LogP contribution in [0.25, 0.3) is 0 Å². The second kappa shape index (κ2) is 9.19. The summed E-state index contributed by atoms with van der Waals surface area (Å²) in [5.74, 6) is 0.886. The van der Waals surface area contributed by atoms with Crippen LogP contribution in [0.5, 0.6) is 0 Å². The van der Waals surface area contributed by atoms with Crippen molar-refractivity contribution in [2.45, 2.75) is 44.1 Å². The van der Waals surface area contributed by atoms with Crippen molar-refractivity contribution in [3.63, 3.8) is 0 Å². The highest BCUT2D eigenvalue weighted by atomic mass is 16.4. The lowest BCUT2D eigenvalue weighted by atomic mass is 9.77. The van der Waals surface area contributed by atoms with Gasteiger partial charge in [0.25, 0.3) is 0 Å². The van der Waals surface area contributed by atoms with Crippen molar-refractivity contribution in [3.8, 4) is 0 Å². The minimum absolute atomic E-state index is 0.443. The first-order valence-electron chi connectivity index (χ1n) is 12.1. The van der Waals surface area contributed by atoms with Crippen molar-refractivity contribution in [3.05, 3.63) is 143 Å². The molecule has 0 radical (unpaired) electrons. The summed E-state index contributed by atoms with van der Waals surface area (Å²) in [6.45, 7) is 4.64. The van der Waals surface area contributed by atoms with Gasteiger partial charge in [-0.2, -0.15) is 0 Å². The van der Waals surface area contributed by atoms with E-state index in [2.05, 4.69) is 117 Å². The SMILES string of the molecule is CC[C@H]1c2ccccc2C([O+]=Cc2ccccc2)(c2ccccc2)c2ccccc2[C@@H]1CC. The third-order valence-corrected chi connectivity index (χ3v) is 7.20. The van der Waals surface area contributed by atoms with Crippen molar-refractivity contribution < 1.29 is 4.42 Å². The smallest absolute Gasteiger partial charge is 0.242 e. The highest BCUT2D eigenvalue weighted by Gasteiger charge is 2.53. The molecule has 0 N–H and O–H groups in total. The molecule has 0 fully saturated rings. The zero-order valence-electron chi connectivity index (χ0n) is 19.4. The van der Waals surface area contributed by atoms with Crippen molar-refractivity contribution in [2.75, 3.05) is 0 Å². The normalized spacial score (nSPS) is 19.0. The molecule has 5 rings (SSSR count). The number of carbonyl (C=O) groups excluding carboxylic acids is 1. The molecule has 1 aliphatic carbocycles. The van der Waals surface area contributed by atoms with E-state index < -0.39 is 5.60 Å². The summed E-state index contributed by atoms with van der Waals surface area (Å²) in [5.41, 5.74) is 6.79. The van der Waals surface area contributed by atoms with Crippen LogP contribution in [-0.2, 0) is 5.60 Å². The van der Waals surface area contributed by atoms with E-state index in [9.17, 15) is 0 Å². The summed E-state index contributed by atoms with van der Waals surface area (Å²) >= 11 is 0. The molecule has 0 spiro atoms. The molecule has 0 amide bonds. The number of aldehydes is 1. The Morgan fingerprint density at radius 2 is 1.06 bits per heavy atom. The van der Waals surface area contributed by atoms with Crippen LogP contribution in [0.15, 0.2) is 109 Å². The monoisotopic (exact) mass is 431 g/mol. The summed E-state index contributed by atoms with van der Waals surface area (Å²) in [7, 11) is 0. The molecule has 0 saturated carbocycles. The Bertz CT molecular complexity index is 1190. The molecule has 0 bridgehead atoms. The zero-order chi connectivity index (χ0) is 22.7. The first-order valence-corrected chi connectivity index (χ1v) is 12.1. The van der Waals surface area contributed by atoms with E-state index in [4.69, 9.17) is 4.42 Å². The Morgan fingerprint density at radius 1 is 0.606 bits per heavy atom. The molecule has 0 saturated heterocycles. The van der Waals surface area contributed by atoms with Gasteiger partial charge in [0.05, 0.1) is 22.3 Å². The van der Waals surface area contributed by atoms with Crippen LogP contribution in [0.3, 0.4) is 0 Å². The molecular weight excluding hydrogens is 400 g/mol. The van der Waals surface area contributed by atoms with Crippen LogP contribution < -0.4 is 0 Å². The fourth-order valence-corrected chi connectivity index (χ4v) is 5.74. The number of fused-ring (bicyclic) bond motifs is 2. The Hall–Kier alpha value is -3.45. The van der Waals surface area contributed by atoms with Gasteiger partial charge >= 0.3 is 11.9 Å². The van der Waals surface area contributed by atoms with Crippen molar-refractivity contribution in [1.29, 1.82) is 0 Å². The van der Waals surface area contributed by atoms with E-state index in [0.29, 0.717) is 11.8 Å². The Kier molecular flexibility index (Phi) is 5.96. The maximum absolute atomic E-state index is 7.04. The van der Waals surface area contributed by atoms with Crippen LogP contribution in [0, 0.1) is 0 Å². The highest BCUT2D eigenvalue weighted by molar-refractivity contribution is 5.75. The molecule has 0 aromatic heterocycles. The van der Waals surface area contributed by atoms with Gasteiger partial charge in [-0.1, -0.05) is 86.6 Å². The van der Waals surface area contributed by atoms with Gasteiger partial charge in [-0.15, -0.1) is 0 Å². The average Bonchev–Trinajstić information content (AvgIpc) is 2.99. The highest BCUT2D eigenvalue weighted by Crippen LogP contribution is 2.53. The third-order valence-electron chi connectivity index (χ3n) is 7.20. The second-order valence-corrected chi connectivity index (χ2v) is 8.90. The molecule has 0 aliphatic heterocycles. The lowest BCUT2D eigenvalue weighted by Crippen LogP contribution is -2.29. The summed E-state index contributed by atoms with van der Waals surface area (Å²) < 4.78 is 7.04. The molecule has 4 aromatic rings.